The number of rotatable bonds is 4. The van der Waals surface area contributed by atoms with Gasteiger partial charge in [-0.3, -0.25) is 9.78 Å². The van der Waals surface area contributed by atoms with Gasteiger partial charge in [-0.1, -0.05) is 20.8 Å². The van der Waals surface area contributed by atoms with Crippen molar-refractivity contribution in [3.8, 4) is 5.75 Å². The van der Waals surface area contributed by atoms with E-state index < -0.39 is 6.10 Å². The fraction of sp³-hybridized carbons (Fsp3) is 0.538. The highest BCUT2D eigenvalue weighted by Gasteiger charge is 2.17. The maximum absolute atomic E-state index is 11.7. The highest BCUT2D eigenvalue weighted by atomic mass is 16.3. The summed E-state index contributed by atoms with van der Waals surface area (Å²) in [5, 5.41) is 21.6. The van der Waals surface area contributed by atoms with Gasteiger partial charge in [0.25, 0.3) is 5.91 Å². The molecule has 0 spiro atoms. The molecule has 100 valence electrons. The molecule has 1 aromatic heterocycles. The Morgan fingerprint density at radius 3 is 2.67 bits per heavy atom. The van der Waals surface area contributed by atoms with Crippen molar-refractivity contribution in [3.63, 3.8) is 0 Å². The molecule has 1 amide bonds. The van der Waals surface area contributed by atoms with Crippen LogP contribution in [0.3, 0.4) is 0 Å². The van der Waals surface area contributed by atoms with Crippen molar-refractivity contribution >= 4 is 5.91 Å². The Bertz CT molecular complexity index is 413. The quantitative estimate of drug-likeness (QED) is 0.754. The third-order valence-electron chi connectivity index (χ3n) is 2.33. The van der Waals surface area contributed by atoms with Crippen LogP contribution in [0.1, 0.15) is 37.6 Å². The number of amides is 1. The molecule has 0 saturated carbocycles. The molecule has 0 bridgehead atoms. The monoisotopic (exact) mass is 252 g/mol. The number of pyridine rings is 1. The number of nitrogens with one attached hydrogen (secondary N) is 1. The van der Waals surface area contributed by atoms with Gasteiger partial charge in [-0.05, 0) is 17.9 Å². The molecule has 0 saturated heterocycles. The summed E-state index contributed by atoms with van der Waals surface area (Å²) >= 11 is 0. The smallest absolute Gasteiger partial charge is 0.253 e. The topological polar surface area (TPSA) is 82.5 Å². The summed E-state index contributed by atoms with van der Waals surface area (Å²) in [5.41, 5.74) is 0.287. The molecule has 0 fully saturated rings. The first-order valence-corrected chi connectivity index (χ1v) is 5.88. The maximum atomic E-state index is 11.7. The number of hydrogen-bond acceptors (Lipinski definition) is 4. The molecule has 18 heavy (non-hydrogen) atoms. The number of carbonyl (C=O) groups excluding carboxylic acids is 1. The number of aromatic hydroxyl groups is 1. The van der Waals surface area contributed by atoms with Crippen molar-refractivity contribution < 1.29 is 15.0 Å². The van der Waals surface area contributed by atoms with Crippen molar-refractivity contribution in [2.75, 3.05) is 6.54 Å². The lowest BCUT2D eigenvalue weighted by molar-refractivity contribution is 0.0868. The van der Waals surface area contributed by atoms with Crippen LogP contribution in [0, 0.1) is 5.41 Å². The first-order chi connectivity index (χ1) is 8.28. The van der Waals surface area contributed by atoms with E-state index in [4.69, 9.17) is 0 Å². The third-order valence-corrected chi connectivity index (χ3v) is 2.33. The Kier molecular flexibility index (Phi) is 4.67. The van der Waals surface area contributed by atoms with Crippen LogP contribution in [0.5, 0.6) is 5.75 Å². The minimum absolute atomic E-state index is 0.0106. The lowest BCUT2D eigenvalue weighted by Crippen LogP contribution is -2.34. The predicted octanol–water partition coefficient (Wildman–Crippen LogP) is 1.31. The molecule has 0 aliphatic carbocycles. The zero-order valence-corrected chi connectivity index (χ0v) is 11.0. The first kappa shape index (κ1) is 14.4. The lowest BCUT2D eigenvalue weighted by atomic mass is 9.89. The molecule has 0 aliphatic heterocycles. The van der Waals surface area contributed by atoms with E-state index in [2.05, 4.69) is 10.3 Å². The molecule has 5 nitrogen and oxygen atoms in total. The molecule has 1 unspecified atom stereocenters. The molecule has 0 radical (unpaired) electrons. The molecule has 5 heteroatoms. The maximum Gasteiger partial charge on any atom is 0.253 e. The zero-order chi connectivity index (χ0) is 13.8. The Labute approximate surface area is 107 Å². The largest absolute Gasteiger partial charge is 0.506 e. The van der Waals surface area contributed by atoms with Crippen molar-refractivity contribution in [3.05, 3.63) is 24.0 Å². The van der Waals surface area contributed by atoms with Gasteiger partial charge < -0.3 is 15.5 Å². The third kappa shape index (κ3) is 5.14. The summed E-state index contributed by atoms with van der Waals surface area (Å²) in [4.78, 5) is 15.4. The van der Waals surface area contributed by atoms with Crippen LogP contribution in [-0.2, 0) is 0 Å². The Morgan fingerprint density at radius 1 is 1.44 bits per heavy atom. The summed E-state index contributed by atoms with van der Waals surface area (Å²) < 4.78 is 0. The predicted molar refractivity (Wildman–Crippen MR) is 68.3 cm³/mol. The minimum atomic E-state index is -0.584. The van der Waals surface area contributed by atoms with Gasteiger partial charge in [0.1, 0.15) is 5.75 Å². The Balaban J connectivity index is 2.47. The van der Waals surface area contributed by atoms with Gasteiger partial charge >= 0.3 is 0 Å². The molecule has 0 aromatic carbocycles. The highest BCUT2D eigenvalue weighted by molar-refractivity contribution is 5.94. The van der Waals surface area contributed by atoms with Crippen molar-refractivity contribution in [2.24, 2.45) is 5.41 Å². The van der Waals surface area contributed by atoms with Gasteiger partial charge in [-0.15, -0.1) is 0 Å². The second-order valence-electron chi connectivity index (χ2n) is 5.56. The molecule has 3 N–H and O–H groups in total. The van der Waals surface area contributed by atoms with Crippen LogP contribution in [0.25, 0.3) is 0 Å². The van der Waals surface area contributed by atoms with E-state index in [0.717, 1.165) is 0 Å². The lowest BCUT2D eigenvalue weighted by Gasteiger charge is -2.22. The number of aliphatic hydroxyl groups excluding tert-OH is 1. The Morgan fingerprint density at radius 2 is 2.11 bits per heavy atom. The first-order valence-electron chi connectivity index (χ1n) is 5.88. The highest BCUT2D eigenvalue weighted by Crippen LogP contribution is 2.20. The number of hydrogen-bond donors (Lipinski definition) is 3. The van der Waals surface area contributed by atoms with Crippen molar-refractivity contribution in [1.82, 2.24) is 10.3 Å². The van der Waals surface area contributed by atoms with E-state index in [1.54, 1.807) is 0 Å². The molecule has 1 rings (SSSR count). The summed E-state index contributed by atoms with van der Waals surface area (Å²) in [7, 11) is 0. The van der Waals surface area contributed by atoms with Crippen molar-refractivity contribution in [1.29, 1.82) is 0 Å². The average Bonchev–Trinajstić information content (AvgIpc) is 2.23. The van der Waals surface area contributed by atoms with E-state index in [-0.39, 0.29) is 29.2 Å². The van der Waals surface area contributed by atoms with E-state index >= 15 is 0 Å². The van der Waals surface area contributed by atoms with Crippen LogP contribution in [-0.4, -0.2) is 33.8 Å². The van der Waals surface area contributed by atoms with Crippen LogP contribution < -0.4 is 5.32 Å². The van der Waals surface area contributed by atoms with Gasteiger partial charge in [-0.2, -0.15) is 0 Å². The normalized spacial score (nSPS) is 13.1. The van der Waals surface area contributed by atoms with Gasteiger partial charge in [0.05, 0.1) is 17.9 Å². The van der Waals surface area contributed by atoms with Crippen LogP contribution in [0.15, 0.2) is 18.5 Å². The Hall–Kier alpha value is -1.62. The van der Waals surface area contributed by atoms with Crippen LogP contribution in [0.4, 0.5) is 0 Å². The molecule has 1 heterocycles. The summed E-state index contributed by atoms with van der Waals surface area (Å²) in [6.07, 6.45) is 2.64. The zero-order valence-electron chi connectivity index (χ0n) is 11.0. The number of aliphatic hydroxyl groups is 1. The molecule has 1 atom stereocenters. The minimum Gasteiger partial charge on any atom is -0.506 e. The SMILES string of the molecule is CC(C)(C)CC(O)CNC(=O)c1cncc(O)c1. The fourth-order valence-electron chi connectivity index (χ4n) is 1.64. The number of aromatic nitrogens is 1. The fourth-order valence-corrected chi connectivity index (χ4v) is 1.64. The van der Waals surface area contributed by atoms with Gasteiger partial charge in [-0.25, -0.2) is 0 Å². The van der Waals surface area contributed by atoms with Crippen LogP contribution in [0.2, 0.25) is 0 Å². The summed E-state index contributed by atoms with van der Waals surface area (Å²) in [6, 6.07) is 1.33. The van der Waals surface area contributed by atoms with Crippen molar-refractivity contribution in [2.45, 2.75) is 33.3 Å². The van der Waals surface area contributed by atoms with Crippen LogP contribution >= 0.6 is 0 Å². The van der Waals surface area contributed by atoms with E-state index in [0.29, 0.717) is 6.42 Å². The summed E-state index contributed by atoms with van der Waals surface area (Å²) in [6.45, 7) is 6.26. The van der Waals surface area contributed by atoms with E-state index in [1.807, 2.05) is 20.8 Å². The molecular weight excluding hydrogens is 232 g/mol. The second-order valence-corrected chi connectivity index (χ2v) is 5.56. The number of nitrogens with zero attached hydrogens (tertiary/aromatic N) is 1. The van der Waals surface area contributed by atoms with Gasteiger partial charge in [0.2, 0.25) is 0 Å². The van der Waals surface area contributed by atoms with E-state index in [9.17, 15) is 15.0 Å². The van der Waals surface area contributed by atoms with Gasteiger partial charge in [0.15, 0.2) is 0 Å². The molecule has 1 aromatic rings. The van der Waals surface area contributed by atoms with E-state index in [1.165, 1.54) is 18.5 Å². The average molecular weight is 252 g/mol. The second kappa shape index (κ2) is 5.82. The molecule has 0 aliphatic rings. The number of carbonyl (C=O) groups is 1. The molecular formula is C13H20N2O3. The van der Waals surface area contributed by atoms with Gasteiger partial charge in [0, 0.05) is 12.7 Å². The standard InChI is InChI=1S/C13H20N2O3/c1-13(2,3)5-11(17)8-15-12(18)9-4-10(16)7-14-6-9/h4,6-7,11,16-17H,5,8H2,1-3H3,(H,15,18). The summed E-state index contributed by atoms with van der Waals surface area (Å²) in [5.74, 6) is -0.413.